The first-order chi connectivity index (χ1) is 21.0. The molecule has 222 valence electrons. The summed E-state index contributed by atoms with van der Waals surface area (Å²) >= 11 is 6.38. The Morgan fingerprint density at radius 1 is 1.02 bits per heavy atom. The van der Waals surface area contributed by atoms with Crippen LogP contribution in [-0.2, 0) is 6.54 Å². The zero-order valence-electron chi connectivity index (χ0n) is 24.5. The van der Waals surface area contributed by atoms with Gasteiger partial charge in [-0.2, -0.15) is 0 Å². The third-order valence-electron chi connectivity index (χ3n) is 8.44. The lowest BCUT2D eigenvalue weighted by atomic mass is 9.94. The number of carbonyl (C=O) groups is 1. The predicted octanol–water partition coefficient (Wildman–Crippen LogP) is 7.15. The van der Waals surface area contributed by atoms with Gasteiger partial charge in [0.2, 0.25) is 5.95 Å². The average molecular weight is 596 g/mol. The number of anilines is 1. The molecule has 2 aromatic heterocycles. The molecule has 5 aromatic rings. The van der Waals surface area contributed by atoms with Gasteiger partial charge in [0.1, 0.15) is 5.76 Å². The van der Waals surface area contributed by atoms with E-state index in [1.54, 1.807) is 6.26 Å². The van der Waals surface area contributed by atoms with Crippen molar-refractivity contribution in [3.63, 3.8) is 0 Å². The van der Waals surface area contributed by atoms with Crippen LogP contribution in [0.3, 0.4) is 0 Å². The van der Waals surface area contributed by atoms with Crippen LogP contribution in [0, 0.1) is 0 Å². The van der Waals surface area contributed by atoms with Crippen molar-refractivity contribution < 1.29 is 9.21 Å². The number of benzene rings is 3. The van der Waals surface area contributed by atoms with Crippen molar-refractivity contribution in [1.82, 2.24) is 19.4 Å². The van der Waals surface area contributed by atoms with Gasteiger partial charge in [-0.25, -0.2) is 4.98 Å². The van der Waals surface area contributed by atoms with Gasteiger partial charge < -0.3 is 24.1 Å². The molecular weight excluding hydrogens is 558 g/mol. The van der Waals surface area contributed by atoms with E-state index in [2.05, 4.69) is 39.0 Å². The van der Waals surface area contributed by atoms with Crippen molar-refractivity contribution in [1.29, 1.82) is 0 Å². The highest BCUT2D eigenvalue weighted by Gasteiger charge is 2.24. The molecule has 43 heavy (non-hydrogen) atoms. The van der Waals surface area contributed by atoms with Gasteiger partial charge in [0.25, 0.3) is 5.91 Å². The number of hydrogen-bond donors (Lipinski definition) is 1. The van der Waals surface area contributed by atoms with Gasteiger partial charge in [-0.05, 0) is 79.9 Å². The van der Waals surface area contributed by atoms with Crippen LogP contribution in [0.15, 0.2) is 102 Å². The second kappa shape index (κ2) is 13.5. The zero-order chi connectivity index (χ0) is 29.6. The lowest BCUT2D eigenvalue weighted by molar-refractivity contribution is 0.0782. The topological polar surface area (TPSA) is 66.5 Å². The van der Waals surface area contributed by atoms with Gasteiger partial charge in [-0.1, -0.05) is 54.1 Å². The second-order valence-electron chi connectivity index (χ2n) is 11.4. The molecule has 1 unspecified atom stereocenters. The molecular formula is C35H38ClN5O2. The van der Waals surface area contributed by atoms with Crippen LogP contribution in [0.1, 0.15) is 46.9 Å². The number of rotatable bonds is 11. The Morgan fingerprint density at radius 2 is 1.81 bits per heavy atom. The van der Waals surface area contributed by atoms with Gasteiger partial charge in [0.15, 0.2) is 0 Å². The van der Waals surface area contributed by atoms with E-state index in [0.717, 1.165) is 66.7 Å². The molecule has 0 saturated carbocycles. The van der Waals surface area contributed by atoms with Gasteiger partial charge >= 0.3 is 0 Å². The van der Waals surface area contributed by atoms with Crippen LogP contribution in [0.25, 0.3) is 11.0 Å². The highest BCUT2D eigenvalue weighted by molar-refractivity contribution is 6.30. The second-order valence-corrected chi connectivity index (χ2v) is 11.9. The van der Waals surface area contributed by atoms with E-state index < -0.39 is 0 Å². The summed E-state index contributed by atoms with van der Waals surface area (Å²) in [5.74, 6) is 2.03. The Balaban J connectivity index is 1.08. The van der Waals surface area contributed by atoms with Crippen LogP contribution < -0.4 is 5.32 Å². The van der Waals surface area contributed by atoms with Crippen molar-refractivity contribution in [3.8, 4) is 0 Å². The summed E-state index contributed by atoms with van der Waals surface area (Å²) in [5, 5.41) is 4.47. The molecule has 1 atom stereocenters. The number of aromatic nitrogens is 2. The number of hydrogen-bond acceptors (Lipinski definition) is 5. The minimum Gasteiger partial charge on any atom is -0.467 e. The molecule has 0 bridgehead atoms. The number of para-hydroxylation sites is 2. The molecule has 1 saturated heterocycles. The summed E-state index contributed by atoms with van der Waals surface area (Å²) in [5.41, 5.74) is 3.97. The number of nitrogens with zero attached hydrogens (tertiary/aromatic N) is 4. The number of nitrogens with one attached hydrogen (secondary N) is 1. The lowest BCUT2D eigenvalue weighted by Crippen LogP contribution is -2.40. The summed E-state index contributed by atoms with van der Waals surface area (Å²) in [4.78, 5) is 22.4. The number of furan rings is 1. The molecule has 1 N–H and O–H groups in total. The van der Waals surface area contributed by atoms with E-state index in [1.165, 1.54) is 5.56 Å². The molecule has 6 rings (SSSR count). The maximum absolute atomic E-state index is 13.1. The number of likely N-dealkylation sites (tertiary alicyclic amines) is 1. The number of fused-ring (bicyclic) bond motifs is 1. The predicted molar refractivity (Wildman–Crippen MR) is 173 cm³/mol. The molecule has 7 nitrogen and oxygen atoms in total. The van der Waals surface area contributed by atoms with Crippen LogP contribution >= 0.6 is 11.6 Å². The first-order valence-electron chi connectivity index (χ1n) is 15.1. The molecule has 3 heterocycles. The minimum atomic E-state index is 0.0394. The van der Waals surface area contributed by atoms with E-state index in [4.69, 9.17) is 21.0 Å². The van der Waals surface area contributed by atoms with Crippen molar-refractivity contribution in [2.75, 3.05) is 38.5 Å². The normalized spacial score (nSPS) is 15.0. The summed E-state index contributed by atoms with van der Waals surface area (Å²) in [6, 6.07) is 30.1. The van der Waals surface area contributed by atoms with Crippen molar-refractivity contribution in [3.05, 3.63) is 119 Å². The van der Waals surface area contributed by atoms with E-state index in [0.29, 0.717) is 24.7 Å². The minimum absolute atomic E-state index is 0.0394. The Labute approximate surface area is 258 Å². The fraction of sp³-hybridized carbons (Fsp3) is 0.314. The Kier molecular flexibility index (Phi) is 9.10. The molecule has 0 aliphatic carbocycles. The standard InChI is InChI=1S/C35H38ClN5O2/c1-39(34(42)26-9-3-2-4-10-26)24-28(27-11-7-12-29(36)23-27)16-19-40-20-17-30(18-21-40)37-35-38-32-14-5-6-15-33(32)41(35)25-31-13-8-22-43-31/h2-15,22-23,28,30H,16-21,24-25H2,1H3,(H,37,38). The van der Waals surface area contributed by atoms with E-state index in [1.807, 2.05) is 78.7 Å². The quantitative estimate of drug-likeness (QED) is 0.176. The van der Waals surface area contributed by atoms with E-state index in [9.17, 15) is 4.79 Å². The van der Waals surface area contributed by atoms with Gasteiger partial charge in [-0.3, -0.25) is 4.79 Å². The van der Waals surface area contributed by atoms with Crippen molar-refractivity contribution in [2.24, 2.45) is 0 Å². The largest absolute Gasteiger partial charge is 0.467 e. The fourth-order valence-corrected chi connectivity index (χ4v) is 6.26. The van der Waals surface area contributed by atoms with E-state index in [-0.39, 0.29) is 11.8 Å². The van der Waals surface area contributed by atoms with Crippen molar-refractivity contribution >= 4 is 34.5 Å². The highest BCUT2D eigenvalue weighted by Crippen LogP contribution is 2.27. The van der Waals surface area contributed by atoms with Gasteiger partial charge in [0.05, 0.1) is 23.8 Å². The number of likely N-dealkylation sites (N-methyl/N-ethyl adjacent to an activating group) is 1. The van der Waals surface area contributed by atoms with Crippen LogP contribution in [0.5, 0.6) is 0 Å². The first kappa shape index (κ1) is 29.0. The zero-order valence-corrected chi connectivity index (χ0v) is 25.3. The van der Waals surface area contributed by atoms with Gasteiger partial charge in [-0.15, -0.1) is 0 Å². The number of amides is 1. The van der Waals surface area contributed by atoms with Crippen LogP contribution in [-0.4, -0.2) is 64.5 Å². The fourth-order valence-electron chi connectivity index (χ4n) is 6.06. The Morgan fingerprint density at radius 3 is 2.58 bits per heavy atom. The Bertz CT molecular complexity index is 1630. The number of carbonyl (C=O) groups excluding carboxylic acids is 1. The Hall–Kier alpha value is -4.07. The van der Waals surface area contributed by atoms with Crippen molar-refractivity contribution in [2.45, 2.75) is 37.8 Å². The lowest BCUT2D eigenvalue weighted by Gasteiger charge is -2.34. The van der Waals surface area contributed by atoms with Crippen LogP contribution in [0.2, 0.25) is 5.02 Å². The number of halogens is 1. The number of imidazole rings is 1. The summed E-state index contributed by atoms with van der Waals surface area (Å²) in [6.45, 7) is 4.27. The smallest absolute Gasteiger partial charge is 0.253 e. The molecule has 1 fully saturated rings. The van der Waals surface area contributed by atoms with Crippen LogP contribution in [0.4, 0.5) is 5.95 Å². The third kappa shape index (κ3) is 7.12. The maximum atomic E-state index is 13.1. The molecule has 1 aliphatic heterocycles. The molecule has 1 amide bonds. The summed E-state index contributed by atoms with van der Waals surface area (Å²) < 4.78 is 7.86. The molecule has 0 spiro atoms. The maximum Gasteiger partial charge on any atom is 0.253 e. The summed E-state index contributed by atoms with van der Waals surface area (Å²) in [6.07, 6.45) is 4.74. The highest BCUT2D eigenvalue weighted by atomic mass is 35.5. The third-order valence-corrected chi connectivity index (χ3v) is 8.68. The molecule has 8 heteroatoms. The molecule has 3 aromatic carbocycles. The molecule has 1 aliphatic rings. The SMILES string of the molecule is CN(CC(CCN1CCC(Nc2nc3ccccc3n2Cc2ccco2)CC1)c1cccc(Cl)c1)C(=O)c1ccccc1. The molecule has 0 radical (unpaired) electrons. The van der Waals surface area contributed by atoms with Gasteiger partial charge in [0, 0.05) is 49.2 Å². The van der Waals surface area contributed by atoms with E-state index >= 15 is 0 Å². The number of piperidine rings is 1. The first-order valence-corrected chi connectivity index (χ1v) is 15.4. The monoisotopic (exact) mass is 595 g/mol. The average Bonchev–Trinajstić information content (AvgIpc) is 3.68. The summed E-state index contributed by atoms with van der Waals surface area (Å²) in [7, 11) is 1.89.